The van der Waals surface area contributed by atoms with E-state index in [-0.39, 0.29) is 51.1 Å². The summed E-state index contributed by atoms with van der Waals surface area (Å²) < 4.78 is 6.66. The highest BCUT2D eigenvalue weighted by molar-refractivity contribution is 5.33. The normalized spacial score (nSPS) is 60.9. The Balaban J connectivity index is 1.37. The van der Waals surface area contributed by atoms with Crippen LogP contribution in [-0.4, -0.2) is 56.0 Å². The predicted octanol–water partition coefficient (Wildman–Crippen LogP) is 4.44. The molecule has 0 aromatic rings. The van der Waals surface area contributed by atoms with E-state index in [9.17, 15) is 20.4 Å². The van der Waals surface area contributed by atoms with Gasteiger partial charge in [0.2, 0.25) is 0 Å². The van der Waals surface area contributed by atoms with Gasteiger partial charge >= 0.3 is 0 Å². The molecule has 6 rings (SSSR count). The summed E-state index contributed by atoms with van der Waals surface area (Å²) in [6, 6.07) is 0. The molecule has 5 saturated carbocycles. The van der Waals surface area contributed by atoms with E-state index in [4.69, 9.17) is 4.74 Å². The summed E-state index contributed by atoms with van der Waals surface area (Å²) in [7, 11) is 0. The van der Waals surface area contributed by atoms with Crippen molar-refractivity contribution in [1.82, 2.24) is 0 Å². The van der Waals surface area contributed by atoms with Gasteiger partial charge in [-0.05, 0) is 117 Å². The second-order valence-corrected chi connectivity index (χ2v) is 15.9. The van der Waals surface area contributed by atoms with Crippen molar-refractivity contribution in [2.45, 2.75) is 142 Å². The molecule has 4 unspecified atom stereocenters. The van der Waals surface area contributed by atoms with Gasteiger partial charge in [0.05, 0.1) is 35.6 Å². The van der Waals surface area contributed by atoms with Gasteiger partial charge in [0, 0.05) is 5.92 Å². The number of fused-ring (bicyclic) bond motifs is 2. The van der Waals surface area contributed by atoms with E-state index < -0.39 is 23.4 Å². The highest BCUT2D eigenvalue weighted by Crippen LogP contribution is 2.89. The Labute approximate surface area is 212 Å². The van der Waals surface area contributed by atoms with Gasteiger partial charge in [-0.25, -0.2) is 0 Å². The zero-order valence-corrected chi connectivity index (χ0v) is 23.1. The minimum atomic E-state index is -0.886. The summed E-state index contributed by atoms with van der Waals surface area (Å²) in [4.78, 5) is 0. The van der Waals surface area contributed by atoms with Crippen molar-refractivity contribution in [3.8, 4) is 0 Å². The van der Waals surface area contributed by atoms with E-state index in [1.807, 2.05) is 13.8 Å². The third-order valence-corrected chi connectivity index (χ3v) is 13.8. The average molecular weight is 491 g/mol. The highest BCUT2D eigenvalue weighted by Gasteiger charge is 2.84. The Morgan fingerprint density at radius 1 is 0.771 bits per heavy atom. The van der Waals surface area contributed by atoms with Crippen molar-refractivity contribution < 1.29 is 25.2 Å². The van der Waals surface area contributed by atoms with Crippen molar-refractivity contribution in [3.05, 3.63) is 0 Å². The maximum absolute atomic E-state index is 11.7. The quantitative estimate of drug-likeness (QED) is 0.460. The van der Waals surface area contributed by atoms with E-state index >= 15 is 0 Å². The second kappa shape index (κ2) is 6.86. The van der Waals surface area contributed by atoms with Crippen LogP contribution in [-0.2, 0) is 4.74 Å². The van der Waals surface area contributed by atoms with E-state index in [0.717, 1.165) is 51.4 Å². The monoisotopic (exact) mass is 490 g/mol. The Kier molecular flexibility index (Phi) is 4.92. The molecule has 5 aliphatic carbocycles. The van der Waals surface area contributed by atoms with Gasteiger partial charge in [-0.3, -0.25) is 0 Å². The lowest BCUT2D eigenvalue weighted by atomic mass is 9.41. The van der Waals surface area contributed by atoms with Crippen molar-refractivity contribution in [1.29, 1.82) is 0 Å². The fraction of sp³-hybridized carbons (Fsp3) is 1.00. The molecule has 1 aliphatic heterocycles. The minimum Gasteiger partial charge on any atom is -0.393 e. The fourth-order valence-electron chi connectivity index (χ4n) is 12.1. The lowest BCUT2D eigenvalue weighted by Gasteiger charge is -2.64. The van der Waals surface area contributed by atoms with Gasteiger partial charge in [-0.15, -0.1) is 0 Å². The number of rotatable bonds is 2. The van der Waals surface area contributed by atoms with Gasteiger partial charge in [0.25, 0.3) is 0 Å². The Hall–Kier alpha value is -0.200. The number of hydrogen-bond acceptors (Lipinski definition) is 5. The van der Waals surface area contributed by atoms with Gasteiger partial charge < -0.3 is 25.2 Å². The molecular formula is C30H50O5. The zero-order valence-electron chi connectivity index (χ0n) is 23.1. The molecule has 1 saturated heterocycles. The minimum absolute atomic E-state index is 0.0267. The topological polar surface area (TPSA) is 90.2 Å². The third kappa shape index (κ3) is 2.78. The number of aliphatic hydroxyl groups is 4. The molecule has 5 nitrogen and oxygen atoms in total. The summed E-state index contributed by atoms with van der Waals surface area (Å²) in [5.41, 5.74) is -1.35. The van der Waals surface area contributed by atoms with E-state index in [0.29, 0.717) is 5.92 Å². The molecule has 6 aliphatic rings. The standard InChI is InChI=1S/C30H50O5/c1-24(2)20(33)8-11-30-16-29(30)13-12-26(5)23(28(7)10-9-21(35-28)25(3,4)34)18(32)15-27(26,6)19(29)14-17(31)22(24)30/h17-23,31-34H,8-16H2,1-7H3/t17-,18-,19-,20-,21+,22?,23?,26+,27-,28-,29?,30?/m0/s1. The summed E-state index contributed by atoms with van der Waals surface area (Å²) in [6.07, 6.45) is 7.18. The van der Waals surface area contributed by atoms with Crippen molar-refractivity contribution in [3.63, 3.8) is 0 Å². The van der Waals surface area contributed by atoms with E-state index in [1.54, 1.807) is 0 Å². The maximum atomic E-state index is 11.7. The van der Waals surface area contributed by atoms with Crippen LogP contribution in [0.25, 0.3) is 0 Å². The van der Waals surface area contributed by atoms with E-state index in [1.165, 1.54) is 6.42 Å². The Bertz CT molecular complexity index is 911. The average Bonchev–Trinajstić information content (AvgIpc) is 3.08. The van der Waals surface area contributed by atoms with Gasteiger partial charge in [-0.1, -0.05) is 27.7 Å². The van der Waals surface area contributed by atoms with Crippen LogP contribution >= 0.6 is 0 Å². The van der Waals surface area contributed by atoms with Gasteiger partial charge in [0.15, 0.2) is 0 Å². The van der Waals surface area contributed by atoms with Gasteiger partial charge in [0.1, 0.15) is 0 Å². The molecule has 5 heteroatoms. The highest BCUT2D eigenvalue weighted by atomic mass is 16.5. The van der Waals surface area contributed by atoms with Crippen LogP contribution in [0.15, 0.2) is 0 Å². The molecule has 0 bridgehead atoms. The number of ether oxygens (including phenoxy) is 1. The molecule has 1 heterocycles. The Morgan fingerprint density at radius 2 is 1.46 bits per heavy atom. The van der Waals surface area contributed by atoms with Gasteiger partial charge in [-0.2, -0.15) is 0 Å². The lowest BCUT2D eigenvalue weighted by Crippen LogP contribution is -2.62. The van der Waals surface area contributed by atoms with Crippen molar-refractivity contribution in [2.24, 2.45) is 44.8 Å². The first-order chi connectivity index (χ1) is 16.0. The van der Waals surface area contributed by atoms with E-state index in [2.05, 4.69) is 34.6 Å². The molecule has 12 atom stereocenters. The van der Waals surface area contributed by atoms with Crippen LogP contribution in [0, 0.1) is 44.8 Å². The van der Waals surface area contributed by atoms with Crippen LogP contribution in [0.5, 0.6) is 0 Å². The smallest absolute Gasteiger partial charge is 0.0865 e. The molecule has 0 radical (unpaired) electrons. The summed E-state index contributed by atoms with van der Waals surface area (Å²) in [5.74, 6) is 0.577. The van der Waals surface area contributed by atoms with Crippen molar-refractivity contribution in [2.75, 3.05) is 0 Å². The number of hydrogen-bond donors (Lipinski definition) is 4. The first-order valence-electron chi connectivity index (χ1n) is 14.4. The summed E-state index contributed by atoms with van der Waals surface area (Å²) >= 11 is 0. The van der Waals surface area contributed by atoms with Crippen LogP contribution in [0.3, 0.4) is 0 Å². The molecule has 4 N–H and O–H groups in total. The first kappa shape index (κ1) is 25.1. The molecule has 35 heavy (non-hydrogen) atoms. The lowest BCUT2D eigenvalue weighted by molar-refractivity contribution is -0.213. The molecule has 0 amide bonds. The molecule has 2 spiro atoms. The Morgan fingerprint density at radius 3 is 2.09 bits per heavy atom. The zero-order chi connectivity index (χ0) is 25.6. The first-order valence-corrected chi connectivity index (χ1v) is 14.4. The SMILES string of the molecule is CC(C)(O)[C@H]1CC[C@@](C)(C2[C@@H](O)C[C@@]3(C)[C@@H]4C[C@H](O)C5C(C)(C)[C@@H](O)CCC56CC46CC[C@]23C)O1. The third-order valence-electron chi connectivity index (χ3n) is 13.8. The van der Waals surface area contributed by atoms with Crippen molar-refractivity contribution >= 4 is 0 Å². The van der Waals surface area contributed by atoms with Crippen LogP contribution in [0.2, 0.25) is 0 Å². The summed E-state index contributed by atoms with van der Waals surface area (Å²) in [5, 5.41) is 45.0. The fourth-order valence-corrected chi connectivity index (χ4v) is 12.1. The van der Waals surface area contributed by atoms with Crippen LogP contribution in [0.1, 0.15) is 106 Å². The molecule has 0 aromatic heterocycles. The van der Waals surface area contributed by atoms with Crippen LogP contribution in [0.4, 0.5) is 0 Å². The molecule has 200 valence electrons. The van der Waals surface area contributed by atoms with Crippen LogP contribution < -0.4 is 0 Å². The number of aliphatic hydroxyl groups excluding tert-OH is 3. The maximum Gasteiger partial charge on any atom is 0.0865 e. The largest absolute Gasteiger partial charge is 0.393 e. The predicted molar refractivity (Wildman–Crippen MR) is 134 cm³/mol. The molecule has 6 fully saturated rings. The molecular weight excluding hydrogens is 440 g/mol. The summed E-state index contributed by atoms with van der Waals surface area (Å²) in [6.45, 7) is 15.0. The molecule has 0 aromatic carbocycles. The second-order valence-electron chi connectivity index (χ2n) is 15.9.